The quantitative estimate of drug-likeness (QED) is 0.714. The molecule has 1 aliphatic carbocycles. The number of hydrogen-bond acceptors (Lipinski definition) is 4. The molecule has 0 bridgehead atoms. The van der Waals surface area contributed by atoms with E-state index < -0.39 is 0 Å². The maximum absolute atomic E-state index is 13.0. The Kier molecular flexibility index (Phi) is 6.18. The summed E-state index contributed by atoms with van der Waals surface area (Å²) in [6, 6.07) is 16.6. The predicted octanol–water partition coefficient (Wildman–Crippen LogP) is 3.55. The fraction of sp³-hybridized carbons (Fsp3) is 0.440. The van der Waals surface area contributed by atoms with E-state index in [9.17, 15) is 9.59 Å². The van der Waals surface area contributed by atoms with Gasteiger partial charge in [0.25, 0.3) is 0 Å². The van der Waals surface area contributed by atoms with E-state index in [-0.39, 0.29) is 17.7 Å². The highest BCUT2D eigenvalue weighted by Crippen LogP contribution is 2.33. The van der Waals surface area contributed by atoms with E-state index in [1.807, 2.05) is 36.2 Å². The Morgan fingerprint density at radius 2 is 1.70 bits per heavy atom. The van der Waals surface area contributed by atoms with Crippen LogP contribution in [-0.2, 0) is 11.2 Å². The third-order valence-corrected chi connectivity index (χ3v) is 6.57. The molecule has 1 fully saturated rings. The standard InChI is InChI=1S/C25H31N3O2/c1-19(29)20-10-12-22(13-11-20)28-16-14-27(15-17-28)18-25(30)26(2)24-9-5-7-21-6-3-4-8-23(21)24/h3-4,6,8,10-13,24H,5,7,9,14-18H2,1-2H3/t24-/m0/s1. The summed E-state index contributed by atoms with van der Waals surface area (Å²) >= 11 is 0. The fourth-order valence-corrected chi connectivity index (χ4v) is 4.68. The van der Waals surface area contributed by atoms with Crippen molar-refractivity contribution in [3.8, 4) is 0 Å². The monoisotopic (exact) mass is 405 g/mol. The van der Waals surface area contributed by atoms with Crippen LogP contribution >= 0.6 is 0 Å². The number of ketones is 1. The Morgan fingerprint density at radius 1 is 1.00 bits per heavy atom. The molecule has 2 aromatic carbocycles. The normalized spacial score (nSPS) is 19.3. The Hall–Kier alpha value is -2.66. The van der Waals surface area contributed by atoms with Crippen molar-refractivity contribution in [1.29, 1.82) is 0 Å². The van der Waals surface area contributed by atoms with Crippen LogP contribution in [0.3, 0.4) is 0 Å². The molecule has 0 spiro atoms. The van der Waals surface area contributed by atoms with Crippen LogP contribution in [0.5, 0.6) is 0 Å². The minimum atomic E-state index is 0.0922. The maximum atomic E-state index is 13.0. The molecule has 2 aliphatic rings. The predicted molar refractivity (Wildman–Crippen MR) is 120 cm³/mol. The molecule has 1 aliphatic heterocycles. The van der Waals surface area contributed by atoms with Crippen LogP contribution in [0.15, 0.2) is 48.5 Å². The highest BCUT2D eigenvalue weighted by molar-refractivity contribution is 5.94. The van der Waals surface area contributed by atoms with Crippen molar-refractivity contribution in [3.05, 3.63) is 65.2 Å². The van der Waals surface area contributed by atoms with E-state index in [2.05, 4.69) is 34.1 Å². The number of Topliss-reactive ketones (excluding diaryl/α,β-unsaturated/α-hetero) is 1. The van der Waals surface area contributed by atoms with Crippen LogP contribution in [0.1, 0.15) is 47.3 Å². The lowest BCUT2D eigenvalue weighted by Gasteiger charge is -2.38. The number of nitrogens with zero attached hydrogens (tertiary/aromatic N) is 3. The molecular formula is C25H31N3O2. The van der Waals surface area contributed by atoms with Gasteiger partial charge in [-0.1, -0.05) is 24.3 Å². The molecule has 0 unspecified atom stereocenters. The summed E-state index contributed by atoms with van der Waals surface area (Å²) < 4.78 is 0. The highest BCUT2D eigenvalue weighted by Gasteiger charge is 2.28. The number of likely N-dealkylation sites (N-methyl/N-ethyl adjacent to an activating group) is 1. The van der Waals surface area contributed by atoms with E-state index in [1.54, 1.807) is 6.92 Å². The van der Waals surface area contributed by atoms with Crippen molar-refractivity contribution in [2.45, 2.75) is 32.2 Å². The average molecular weight is 406 g/mol. The molecule has 158 valence electrons. The van der Waals surface area contributed by atoms with Crippen LogP contribution < -0.4 is 4.90 Å². The number of carbonyl (C=O) groups excluding carboxylic acids is 2. The van der Waals surface area contributed by atoms with Gasteiger partial charge in [0.1, 0.15) is 0 Å². The number of hydrogen-bond donors (Lipinski definition) is 0. The third-order valence-electron chi connectivity index (χ3n) is 6.57. The number of anilines is 1. The summed E-state index contributed by atoms with van der Waals surface area (Å²) in [7, 11) is 1.96. The molecule has 1 amide bonds. The van der Waals surface area contributed by atoms with Gasteiger partial charge in [0, 0.05) is 44.5 Å². The first-order valence-electron chi connectivity index (χ1n) is 10.9. The lowest BCUT2D eigenvalue weighted by Crippen LogP contribution is -2.50. The number of carbonyl (C=O) groups is 2. The minimum Gasteiger partial charge on any atom is -0.369 e. The van der Waals surface area contributed by atoms with Gasteiger partial charge in [-0.2, -0.15) is 0 Å². The smallest absolute Gasteiger partial charge is 0.237 e. The van der Waals surface area contributed by atoms with Gasteiger partial charge in [0.15, 0.2) is 5.78 Å². The van der Waals surface area contributed by atoms with Crippen molar-refractivity contribution in [1.82, 2.24) is 9.80 Å². The number of fused-ring (bicyclic) bond motifs is 1. The Bertz CT molecular complexity index is 901. The van der Waals surface area contributed by atoms with Gasteiger partial charge >= 0.3 is 0 Å². The zero-order chi connectivity index (χ0) is 21.1. The molecule has 30 heavy (non-hydrogen) atoms. The first-order valence-corrected chi connectivity index (χ1v) is 10.9. The summed E-state index contributed by atoms with van der Waals surface area (Å²) in [5, 5.41) is 0. The van der Waals surface area contributed by atoms with Crippen LogP contribution in [0.25, 0.3) is 0 Å². The maximum Gasteiger partial charge on any atom is 0.237 e. The second kappa shape index (κ2) is 9.00. The van der Waals surface area contributed by atoms with E-state index in [4.69, 9.17) is 0 Å². The Morgan fingerprint density at radius 3 is 2.40 bits per heavy atom. The van der Waals surface area contributed by atoms with Crippen molar-refractivity contribution in [2.24, 2.45) is 0 Å². The SMILES string of the molecule is CC(=O)c1ccc(N2CCN(CC(=O)N(C)[C@H]3CCCc4ccccc43)CC2)cc1. The molecule has 0 radical (unpaired) electrons. The summed E-state index contributed by atoms with van der Waals surface area (Å²) in [5.41, 5.74) is 4.59. The zero-order valence-electron chi connectivity index (χ0n) is 18.0. The van der Waals surface area contributed by atoms with E-state index in [1.165, 1.54) is 11.1 Å². The van der Waals surface area contributed by atoms with Gasteiger partial charge in [0.05, 0.1) is 12.6 Å². The zero-order valence-corrected chi connectivity index (χ0v) is 18.0. The lowest BCUT2D eigenvalue weighted by atomic mass is 9.87. The molecule has 1 saturated heterocycles. The number of amides is 1. The summed E-state index contributed by atoms with van der Waals surface area (Å²) in [4.78, 5) is 31.0. The van der Waals surface area contributed by atoms with Gasteiger partial charge in [-0.05, 0) is 61.6 Å². The summed E-state index contributed by atoms with van der Waals surface area (Å²) in [6.45, 7) is 5.59. The molecule has 1 heterocycles. The lowest BCUT2D eigenvalue weighted by molar-refractivity contribution is -0.133. The molecule has 2 aromatic rings. The van der Waals surface area contributed by atoms with Crippen molar-refractivity contribution < 1.29 is 9.59 Å². The topological polar surface area (TPSA) is 43.9 Å². The van der Waals surface area contributed by atoms with Crippen LogP contribution in [0.4, 0.5) is 5.69 Å². The fourth-order valence-electron chi connectivity index (χ4n) is 4.68. The van der Waals surface area contributed by atoms with E-state index >= 15 is 0 Å². The van der Waals surface area contributed by atoms with E-state index in [0.717, 1.165) is 56.7 Å². The molecule has 1 atom stereocenters. The van der Waals surface area contributed by atoms with Crippen molar-refractivity contribution in [2.75, 3.05) is 44.7 Å². The number of piperazine rings is 1. The molecule has 0 saturated carbocycles. The van der Waals surface area contributed by atoms with Crippen LogP contribution in [0.2, 0.25) is 0 Å². The van der Waals surface area contributed by atoms with Crippen molar-refractivity contribution >= 4 is 17.4 Å². The number of benzene rings is 2. The largest absolute Gasteiger partial charge is 0.369 e. The number of rotatable bonds is 5. The first kappa shape index (κ1) is 20.6. The molecular weight excluding hydrogens is 374 g/mol. The van der Waals surface area contributed by atoms with Gasteiger partial charge in [-0.25, -0.2) is 0 Å². The molecule has 5 nitrogen and oxygen atoms in total. The molecule has 0 aromatic heterocycles. The summed E-state index contributed by atoms with van der Waals surface area (Å²) in [5.74, 6) is 0.297. The van der Waals surface area contributed by atoms with Crippen molar-refractivity contribution in [3.63, 3.8) is 0 Å². The van der Waals surface area contributed by atoms with Gasteiger partial charge < -0.3 is 9.80 Å². The van der Waals surface area contributed by atoms with Gasteiger partial charge in [0.2, 0.25) is 5.91 Å². The Labute approximate surface area is 179 Å². The summed E-state index contributed by atoms with van der Waals surface area (Å²) in [6.07, 6.45) is 3.30. The van der Waals surface area contributed by atoms with Gasteiger partial charge in [-0.3, -0.25) is 14.5 Å². The number of aryl methyl sites for hydroxylation is 1. The van der Waals surface area contributed by atoms with E-state index in [0.29, 0.717) is 6.54 Å². The van der Waals surface area contributed by atoms with Crippen LogP contribution in [0, 0.1) is 0 Å². The average Bonchev–Trinajstić information content (AvgIpc) is 2.78. The molecule has 5 heteroatoms. The van der Waals surface area contributed by atoms with Crippen LogP contribution in [-0.4, -0.2) is 61.3 Å². The minimum absolute atomic E-state index is 0.0922. The highest BCUT2D eigenvalue weighted by atomic mass is 16.2. The second-order valence-corrected chi connectivity index (χ2v) is 8.48. The second-order valence-electron chi connectivity index (χ2n) is 8.48. The Balaban J connectivity index is 1.32. The third kappa shape index (κ3) is 4.41. The van der Waals surface area contributed by atoms with Gasteiger partial charge in [-0.15, -0.1) is 0 Å². The molecule has 4 rings (SSSR count). The molecule has 0 N–H and O–H groups in total. The first-order chi connectivity index (χ1) is 14.5.